The molecule has 1 aliphatic carbocycles. The van der Waals surface area contributed by atoms with E-state index < -0.39 is 0 Å². The van der Waals surface area contributed by atoms with Crippen LogP contribution in [0.4, 0.5) is 5.69 Å². The van der Waals surface area contributed by atoms with Gasteiger partial charge in [-0.25, -0.2) is 0 Å². The Bertz CT molecular complexity index is 838. The Hall–Kier alpha value is -2.59. The number of anilines is 1. The zero-order valence-corrected chi connectivity index (χ0v) is 16.2. The molecule has 140 valence electrons. The van der Waals surface area contributed by atoms with Gasteiger partial charge in [0.05, 0.1) is 17.7 Å². The van der Waals surface area contributed by atoms with Crippen molar-refractivity contribution in [3.8, 4) is 6.07 Å². The fraction of sp³-hybridized carbons (Fsp3) is 0.400. The Balaban J connectivity index is 1.77. The Morgan fingerprint density at radius 1 is 1.44 bits per heavy atom. The number of nitrogens with zero attached hydrogens (tertiary/aromatic N) is 5. The number of para-hydroxylation sites is 1. The normalized spacial score (nSPS) is 14.4. The first-order valence-electron chi connectivity index (χ1n) is 9.09. The van der Waals surface area contributed by atoms with Crippen LogP contribution in [0.25, 0.3) is 0 Å². The van der Waals surface area contributed by atoms with Crippen molar-refractivity contribution in [3.63, 3.8) is 0 Å². The van der Waals surface area contributed by atoms with E-state index in [1.165, 1.54) is 11.8 Å². The van der Waals surface area contributed by atoms with Crippen LogP contribution in [0.1, 0.15) is 37.9 Å². The molecular formula is C20H23N5OS. The quantitative estimate of drug-likeness (QED) is 0.488. The minimum atomic E-state index is -0.344. The smallest absolute Gasteiger partial charge is 0.240 e. The third-order valence-corrected chi connectivity index (χ3v) is 5.48. The Kier molecular flexibility index (Phi) is 6.30. The third-order valence-electron chi connectivity index (χ3n) is 4.41. The minimum absolute atomic E-state index is 0.0393. The molecule has 7 heteroatoms. The number of carbonyl (C=O) groups excluding carboxylic acids is 1. The van der Waals surface area contributed by atoms with Crippen molar-refractivity contribution in [2.24, 2.45) is 0 Å². The average molecular weight is 382 g/mol. The molecule has 27 heavy (non-hydrogen) atoms. The highest BCUT2D eigenvalue weighted by atomic mass is 32.2. The van der Waals surface area contributed by atoms with Gasteiger partial charge in [-0.2, -0.15) is 5.26 Å². The van der Waals surface area contributed by atoms with Gasteiger partial charge in [0.2, 0.25) is 5.91 Å². The van der Waals surface area contributed by atoms with E-state index in [-0.39, 0.29) is 17.6 Å². The molecule has 1 fully saturated rings. The second-order valence-corrected chi connectivity index (χ2v) is 7.82. The molecule has 1 heterocycles. The first kappa shape index (κ1) is 19.2. The van der Waals surface area contributed by atoms with Crippen LogP contribution in [0, 0.1) is 11.3 Å². The highest BCUT2D eigenvalue weighted by molar-refractivity contribution is 8.00. The molecule has 0 saturated heterocycles. The van der Waals surface area contributed by atoms with Gasteiger partial charge >= 0.3 is 0 Å². The van der Waals surface area contributed by atoms with E-state index in [0.717, 1.165) is 29.5 Å². The molecule has 0 spiro atoms. The standard InChI is InChI=1S/C20H23N5OS/c1-3-13-25-18(16-10-11-16)22-23-20(25)27-15(2)19(26)24(14-7-12-21)17-8-5-4-6-9-17/h3-6,8-9,15-16H,1,7,10-11,13-14H2,2H3. The van der Waals surface area contributed by atoms with Crippen molar-refractivity contribution in [1.82, 2.24) is 14.8 Å². The predicted octanol–water partition coefficient (Wildman–Crippen LogP) is 3.77. The molecule has 1 aromatic heterocycles. The lowest BCUT2D eigenvalue weighted by Gasteiger charge is -2.24. The van der Waals surface area contributed by atoms with Crippen LogP contribution < -0.4 is 4.90 Å². The maximum absolute atomic E-state index is 13.1. The lowest BCUT2D eigenvalue weighted by molar-refractivity contribution is -0.117. The van der Waals surface area contributed by atoms with Crippen molar-refractivity contribution in [2.75, 3.05) is 11.4 Å². The molecule has 1 unspecified atom stereocenters. The number of hydrogen-bond donors (Lipinski definition) is 0. The maximum atomic E-state index is 13.1. The van der Waals surface area contributed by atoms with Crippen molar-refractivity contribution < 1.29 is 4.79 Å². The number of aromatic nitrogens is 3. The van der Waals surface area contributed by atoms with Crippen LogP contribution in [-0.4, -0.2) is 32.5 Å². The first-order valence-corrected chi connectivity index (χ1v) is 9.97. The largest absolute Gasteiger partial charge is 0.310 e. The van der Waals surface area contributed by atoms with E-state index >= 15 is 0 Å². The van der Waals surface area contributed by atoms with Gasteiger partial charge in [-0.05, 0) is 31.9 Å². The molecule has 0 radical (unpaired) electrons. The van der Waals surface area contributed by atoms with Crippen molar-refractivity contribution in [3.05, 3.63) is 48.8 Å². The molecule has 1 amide bonds. The molecule has 6 nitrogen and oxygen atoms in total. The fourth-order valence-electron chi connectivity index (χ4n) is 2.90. The van der Waals surface area contributed by atoms with Crippen LogP contribution in [0.5, 0.6) is 0 Å². The van der Waals surface area contributed by atoms with Crippen LogP contribution in [0.2, 0.25) is 0 Å². The highest BCUT2D eigenvalue weighted by Crippen LogP contribution is 2.40. The maximum Gasteiger partial charge on any atom is 0.240 e. The van der Waals surface area contributed by atoms with Gasteiger partial charge in [0, 0.05) is 24.7 Å². The predicted molar refractivity (Wildman–Crippen MR) is 107 cm³/mol. The molecule has 3 rings (SSSR count). The SMILES string of the molecule is C=CCn1c(SC(C)C(=O)N(CCC#N)c2ccccc2)nnc1C1CC1. The Labute approximate surface area is 163 Å². The van der Waals surface area contributed by atoms with Crippen molar-refractivity contribution in [1.29, 1.82) is 5.26 Å². The molecule has 2 aromatic rings. The van der Waals surface area contributed by atoms with E-state index in [0.29, 0.717) is 19.0 Å². The van der Waals surface area contributed by atoms with Gasteiger partial charge in [0.15, 0.2) is 5.16 Å². The van der Waals surface area contributed by atoms with Gasteiger partial charge in [0.25, 0.3) is 0 Å². The molecule has 1 atom stereocenters. The average Bonchev–Trinajstić information content (AvgIpc) is 3.46. The van der Waals surface area contributed by atoms with Crippen LogP contribution in [0.15, 0.2) is 48.1 Å². The molecular weight excluding hydrogens is 358 g/mol. The summed E-state index contributed by atoms with van der Waals surface area (Å²) >= 11 is 1.41. The lowest BCUT2D eigenvalue weighted by atomic mass is 10.2. The number of rotatable bonds is 9. The summed E-state index contributed by atoms with van der Waals surface area (Å²) in [5, 5.41) is 18.0. The fourth-order valence-corrected chi connectivity index (χ4v) is 3.82. The van der Waals surface area contributed by atoms with E-state index in [1.807, 2.05) is 43.3 Å². The van der Waals surface area contributed by atoms with E-state index in [2.05, 4.69) is 27.4 Å². The number of nitriles is 1. The molecule has 0 bridgehead atoms. The van der Waals surface area contributed by atoms with Gasteiger partial charge < -0.3 is 9.47 Å². The monoisotopic (exact) mass is 381 g/mol. The highest BCUT2D eigenvalue weighted by Gasteiger charge is 2.31. The van der Waals surface area contributed by atoms with Crippen LogP contribution in [0.3, 0.4) is 0 Å². The summed E-state index contributed by atoms with van der Waals surface area (Å²) < 4.78 is 2.06. The summed E-state index contributed by atoms with van der Waals surface area (Å²) in [5.41, 5.74) is 0.802. The topological polar surface area (TPSA) is 74.8 Å². The zero-order chi connectivity index (χ0) is 19.2. The first-order chi connectivity index (χ1) is 13.2. The number of amides is 1. The summed E-state index contributed by atoms with van der Waals surface area (Å²) in [5.74, 6) is 1.43. The summed E-state index contributed by atoms with van der Waals surface area (Å²) in [6.45, 7) is 6.71. The van der Waals surface area contributed by atoms with Crippen LogP contribution >= 0.6 is 11.8 Å². The number of hydrogen-bond acceptors (Lipinski definition) is 5. The minimum Gasteiger partial charge on any atom is -0.310 e. The number of carbonyl (C=O) groups is 1. The van der Waals surface area contributed by atoms with Gasteiger partial charge in [-0.3, -0.25) is 4.79 Å². The van der Waals surface area contributed by atoms with Crippen molar-refractivity contribution in [2.45, 2.75) is 49.1 Å². The van der Waals surface area contributed by atoms with Gasteiger partial charge in [-0.15, -0.1) is 16.8 Å². The number of allylic oxidation sites excluding steroid dienone is 1. The summed E-state index contributed by atoms with van der Waals surface area (Å²) in [6.07, 6.45) is 4.40. The Morgan fingerprint density at radius 3 is 2.81 bits per heavy atom. The van der Waals surface area contributed by atoms with Gasteiger partial charge in [0.1, 0.15) is 5.82 Å². The number of thioether (sulfide) groups is 1. The van der Waals surface area contributed by atoms with E-state index in [9.17, 15) is 4.79 Å². The molecule has 1 aromatic carbocycles. The molecule has 0 aliphatic heterocycles. The molecule has 0 N–H and O–H groups in total. The Morgan fingerprint density at radius 2 is 2.19 bits per heavy atom. The van der Waals surface area contributed by atoms with E-state index in [4.69, 9.17) is 5.26 Å². The second-order valence-electron chi connectivity index (χ2n) is 6.51. The molecule has 1 saturated carbocycles. The third kappa shape index (κ3) is 4.58. The summed E-state index contributed by atoms with van der Waals surface area (Å²) in [7, 11) is 0. The van der Waals surface area contributed by atoms with E-state index in [1.54, 1.807) is 4.90 Å². The van der Waals surface area contributed by atoms with Crippen LogP contribution in [-0.2, 0) is 11.3 Å². The zero-order valence-electron chi connectivity index (χ0n) is 15.4. The number of benzene rings is 1. The summed E-state index contributed by atoms with van der Waals surface area (Å²) in [4.78, 5) is 14.8. The molecule has 1 aliphatic rings. The second kappa shape index (κ2) is 8.87. The summed E-state index contributed by atoms with van der Waals surface area (Å²) in [6, 6.07) is 11.6. The lowest BCUT2D eigenvalue weighted by Crippen LogP contribution is -2.37. The van der Waals surface area contributed by atoms with Gasteiger partial charge in [-0.1, -0.05) is 36.0 Å². The van der Waals surface area contributed by atoms with Crippen molar-refractivity contribution >= 4 is 23.4 Å².